The summed E-state index contributed by atoms with van der Waals surface area (Å²) in [6.07, 6.45) is 0. The summed E-state index contributed by atoms with van der Waals surface area (Å²) in [6, 6.07) is 8.09. The first-order chi connectivity index (χ1) is 9.49. The molecule has 0 bridgehead atoms. The summed E-state index contributed by atoms with van der Waals surface area (Å²) in [5.41, 5.74) is 2.05. The zero-order valence-corrected chi connectivity index (χ0v) is 12.4. The van der Waals surface area contributed by atoms with Crippen LogP contribution in [0.1, 0.15) is 38.0 Å². The number of nitrogens with one attached hydrogen (secondary N) is 1. The normalized spacial score (nSPS) is 11.6. The number of ether oxygens (including phenoxy) is 1. The lowest BCUT2D eigenvalue weighted by Gasteiger charge is -2.10. The molecule has 0 saturated carbocycles. The van der Waals surface area contributed by atoms with Crippen molar-refractivity contribution in [2.45, 2.75) is 39.3 Å². The Labute approximate surface area is 119 Å². The Hall–Kier alpha value is -1.88. The maximum atomic E-state index is 5.25. The third-order valence-electron chi connectivity index (χ3n) is 2.83. The number of methoxy groups -OCH3 is 1. The van der Waals surface area contributed by atoms with Gasteiger partial charge in [0.2, 0.25) is 5.89 Å². The van der Waals surface area contributed by atoms with E-state index in [0.29, 0.717) is 24.9 Å². The monoisotopic (exact) mass is 275 g/mol. The third-order valence-corrected chi connectivity index (χ3v) is 2.83. The molecule has 0 unspecified atom stereocenters. The molecule has 5 heteroatoms. The van der Waals surface area contributed by atoms with Gasteiger partial charge in [0.25, 0.3) is 0 Å². The fourth-order valence-electron chi connectivity index (χ4n) is 1.70. The fraction of sp³-hybridized carbons (Fsp3) is 0.467. The van der Waals surface area contributed by atoms with Crippen LogP contribution >= 0.6 is 0 Å². The van der Waals surface area contributed by atoms with Crippen LogP contribution in [-0.2, 0) is 23.3 Å². The predicted octanol–water partition coefficient (Wildman–Crippen LogP) is 3.13. The molecule has 0 atom stereocenters. The Morgan fingerprint density at radius 3 is 2.45 bits per heavy atom. The smallest absolute Gasteiger partial charge is 0.232 e. The summed E-state index contributed by atoms with van der Waals surface area (Å²) >= 11 is 0. The van der Waals surface area contributed by atoms with Crippen LogP contribution in [0, 0.1) is 0 Å². The minimum absolute atomic E-state index is 0.118. The number of nitrogens with zero attached hydrogens (tertiary/aromatic N) is 2. The molecule has 2 aromatic rings. The van der Waals surface area contributed by atoms with Gasteiger partial charge in [0.15, 0.2) is 5.82 Å². The van der Waals surface area contributed by atoms with Crippen molar-refractivity contribution in [1.29, 1.82) is 0 Å². The Morgan fingerprint density at radius 1 is 1.20 bits per heavy atom. The molecule has 0 fully saturated rings. The Balaban J connectivity index is 1.93. The van der Waals surface area contributed by atoms with Crippen molar-refractivity contribution in [3.63, 3.8) is 0 Å². The van der Waals surface area contributed by atoms with Gasteiger partial charge >= 0.3 is 0 Å². The lowest BCUT2D eigenvalue weighted by molar-refractivity contribution is 0.185. The molecule has 0 aliphatic heterocycles. The van der Waals surface area contributed by atoms with Gasteiger partial charge in [0.05, 0.1) is 13.2 Å². The van der Waals surface area contributed by atoms with E-state index in [2.05, 4.69) is 15.5 Å². The lowest BCUT2D eigenvalue weighted by atomic mass is 9.97. The summed E-state index contributed by atoms with van der Waals surface area (Å²) in [7, 11) is 1.69. The van der Waals surface area contributed by atoms with Crippen molar-refractivity contribution in [1.82, 2.24) is 10.1 Å². The standard InChI is InChI=1S/C15H21N3O2/c1-15(2,3)14-17-13(18-20-14)9-16-12-7-5-11(6-8-12)10-19-4/h5-8,16H,9-10H2,1-4H3. The molecule has 1 aromatic heterocycles. The average Bonchev–Trinajstić information content (AvgIpc) is 2.87. The van der Waals surface area contributed by atoms with Crippen molar-refractivity contribution < 1.29 is 9.26 Å². The highest BCUT2D eigenvalue weighted by Gasteiger charge is 2.21. The summed E-state index contributed by atoms with van der Waals surface area (Å²) in [5.74, 6) is 1.32. The highest BCUT2D eigenvalue weighted by atomic mass is 16.5. The Bertz CT molecular complexity index is 541. The van der Waals surface area contributed by atoms with Gasteiger partial charge in [-0.3, -0.25) is 0 Å². The number of rotatable bonds is 5. The molecule has 2 rings (SSSR count). The van der Waals surface area contributed by atoms with Crippen LogP contribution < -0.4 is 5.32 Å². The van der Waals surface area contributed by atoms with E-state index in [1.807, 2.05) is 45.0 Å². The van der Waals surface area contributed by atoms with Gasteiger partial charge in [0.1, 0.15) is 0 Å². The van der Waals surface area contributed by atoms with E-state index in [1.165, 1.54) is 0 Å². The Kier molecular flexibility index (Phi) is 4.39. The van der Waals surface area contributed by atoms with Gasteiger partial charge in [-0.25, -0.2) is 0 Å². The number of aromatic nitrogens is 2. The molecule has 0 spiro atoms. The average molecular weight is 275 g/mol. The zero-order valence-electron chi connectivity index (χ0n) is 12.4. The van der Waals surface area contributed by atoms with Crippen molar-refractivity contribution in [3.8, 4) is 0 Å². The molecule has 0 amide bonds. The second-order valence-electron chi connectivity index (χ2n) is 5.75. The van der Waals surface area contributed by atoms with Crippen molar-refractivity contribution in [2.24, 2.45) is 0 Å². The second-order valence-corrected chi connectivity index (χ2v) is 5.75. The minimum atomic E-state index is -0.118. The van der Waals surface area contributed by atoms with Gasteiger partial charge in [-0.1, -0.05) is 38.1 Å². The van der Waals surface area contributed by atoms with E-state index in [1.54, 1.807) is 7.11 Å². The third kappa shape index (κ3) is 3.81. The summed E-state index contributed by atoms with van der Waals surface area (Å²) in [6.45, 7) is 7.31. The van der Waals surface area contributed by atoms with Gasteiger partial charge < -0.3 is 14.6 Å². The highest BCUT2D eigenvalue weighted by molar-refractivity contribution is 5.44. The van der Waals surface area contributed by atoms with E-state index in [9.17, 15) is 0 Å². The van der Waals surface area contributed by atoms with E-state index in [4.69, 9.17) is 9.26 Å². The maximum Gasteiger partial charge on any atom is 0.232 e. The van der Waals surface area contributed by atoms with Crippen molar-refractivity contribution in [3.05, 3.63) is 41.5 Å². The summed E-state index contributed by atoms with van der Waals surface area (Å²) in [4.78, 5) is 4.38. The quantitative estimate of drug-likeness (QED) is 0.908. The molecule has 0 saturated heterocycles. The first-order valence-electron chi connectivity index (χ1n) is 6.64. The van der Waals surface area contributed by atoms with Crippen LogP contribution in [-0.4, -0.2) is 17.3 Å². The van der Waals surface area contributed by atoms with Gasteiger partial charge in [-0.05, 0) is 17.7 Å². The molecular weight excluding hydrogens is 254 g/mol. The van der Waals surface area contributed by atoms with Crippen LogP contribution in [0.5, 0.6) is 0 Å². The number of hydrogen-bond acceptors (Lipinski definition) is 5. The van der Waals surface area contributed by atoms with E-state index in [0.717, 1.165) is 11.3 Å². The molecular formula is C15H21N3O2. The fourth-order valence-corrected chi connectivity index (χ4v) is 1.70. The van der Waals surface area contributed by atoms with Gasteiger partial charge in [0, 0.05) is 18.2 Å². The summed E-state index contributed by atoms with van der Waals surface area (Å²) in [5, 5.41) is 7.25. The van der Waals surface area contributed by atoms with E-state index < -0.39 is 0 Å². The van der Waals surface area contributed by atoms with Crippen molar-refractivity contribution in [2.75, 3.05) is 12.4 Å². The molecule has 1 heterocycles. The predicted molar refractivity (Wildman–Crippen MR) is 77.5 cm³/mol. The lowest BCUT2D eigenvalue weighted by Crippen LogP contribution is -2.11. The van der Waals surface area contributed by atoms with Crippen LogP contribution in [0.25, 0.3) is 0 Å². The highest BCUT2D eigenvalue weighted by Crippen LogP contribution is 2.20. The molecule has 1 N–H and O–H groups in total. The minimum Gasteiger partial charge on any atom is -0.380 e. The maximum absolute atomic E-state index is 5.25. The van der Waals surface area contributed by atoms with Crippen LogP contribution in [0.15, 0.2) is 28.8 Å². The molecule has 1 aromatic carbocycles. The molecule has 5 nitrogen and oxygen atoms in total. The molecule has 20 heavy (non-hydrogen) atoms. The number of hydrogen-bond donors (Lipinski definition) is 1. The van der Waals surface area contributed by atoms with E-state index >= 15 is 0 Å². The van der Waals surface area contributed by atoms with Crippen LogP contribution in [0.4, 0.5) is 5.69 Å². The Morgan fingerprint density at radius 2 is 1.90 bits per heavy atom. The number of anilines is 1. The summed E-state index contributed by atoms with van der Waals surface area (Å²) < 4.78 is 10.3. The van der Waals surface area contributed by atoms with Crippen LogP contribution in [0.2, 0.25) is 0 Å². The van der Waals surface area contributed by atoms with Crippen LogP contribution in [0.3, 0.4) is 0 Å². The molecule has 0 aliphatic carbocycles. The largest absolute Gasteiger partial charge is 0.380 e. The van der Waals surface area contributed by atoms with Crippen molar-refractivity contribution >= 4 is 5.69 Å². The zero-order chi connectivity index (χ0) is 14.6. The SMILES string of the molecule is COCc1ccc(NCc2noc(C(C)(C)C)n2)cc1. The molecule has 0 aliphatic rings. The van der Waals surface area contributed by atoms with Gasteiger partial charge in [-0.2, -0.15) is 4.98 Å². The first kappa shape index (κ1) is 14.5. The molecule has 108 valence electrons. The second kappa shape index (κ2) is 6.05. The van der Waals surface area contributed by atoms with E-state index in [-0.39, 0.29) is 5.41 Å². The first-order valence-corrected chi connectivity index (χ1v) is 6.64. The van der Waals surface area contributed by atoms with Gasteiger partial charge in [-0.15, -0.1) is 0 Å². The number of benzene rings is 1. The topological polar surface area (TPSA) is 60.2 Å². The molecule has 0 radical (unpaired) electrons.